The predicted molar refractivity (Wildman–Crippen MR) is 111 cm³/mol. The summed E-state index contributed by atoms with van der Waals surface area (Å²) in [6.07, 6.45) is 11.8. The van der Waals surface area contributed by atoms with Gasteiger partial charge in [-0.05, 0) is 40.0 Å². The fourth-order valence-electron chi connectivity index (χ4n) is 4.43. The molecule has 2 fully saturated rings. The molecule has 28 heavy (non-hydrogen) atoms. The average Bonchev–Trinajstić information content (AvgIpc) is 2.61. The Labute approximate surface area is 171 Å². The van der Waals surface area contributed by atoms with Crippen molar-refractivity contribution in [2.75, 3.05) is 13.2 Å². The number of carbonyl (C=O) groups is 2. The van der Waals surface area contributed by atoms with Crippen LogP contribution in [0.4, 0.5) is 4.79 Å². The second-order valence-electron chi connectivity index (χ2n) is 9.59. The van der Waals surface area contributed by atoms with Gasteiger partial charge in [-0.15, -0.1) is 0 Å². The fourth-order valence-corrected chi connectivity index (χ4v) is 4.43. The summed E-state index contributed by atoms with van der Waals surface area (Å²) in [5.74, 6) is 0.453. The van der Waals surface area contributed by atoms with Gasteiger partial charge in [0.05, 0.1) is 25.3 Å². The number of Topliss-reactive ketones (excluding diaryl/α,β-unsaturated/α-hetero) is 1. The highest BCUT2D eigenvalue weighted by Gasteiger charge is 2.44. The van der Waals surface area contributed by atoms with Gasteiger partial charge in [-0.25, -0.2) is 4.79 Å². The molecule has 0 spiro atoms. The molecule has 0 saturated carbocycles. The van der Waals surface area contributed by atoms with Crippen LogP contribution in [-0.2, 0) is 14.3 Å². The SMILES string of the molecule is CCCCCCCCCCC(=O)C1CC2COCC(C1)N2C(=O)OC(C)(C)C. The zero-order valence-electron chi connectivity index (χ0n) is 18.5. The predicted octanol–water partition coefficient (Wildman–Crippen LogP) is 5.50. The molecule has 1 amide bonds. The summed E-state index contributed by atoms with van der Waals surface area (Å²) in [6.45, 7) is 8.92. The van der Waals surface area contributed by atoms with E-state index in [9.17, 15) is 9.59 Å². The Morgan fingerprint density at radius 1 is 0.929 bits per heavy atom. The number of piperidine rings is 1. The van der Waals surface area contributed by atoms with Gasteiger partial charge in [0, 0.05) is 12.3 Å². The summed E-state index contributed by atoms with van der Waals surface area (Å²) in [7, 11) is 0. The number of ketones is 1. The summed E-state index contributed by atoms with van der Waals surface area (Å²) in [5.41, 5.74) is -0.505. The standard InChI is InChI=1S/C23H41NO4/c1-5-6-7-8-9-10-11-12-13-21(25)18-14-19-16-27-17-20(15-18)24(19)22(26)28-23(2,3)4/h18-20H,5-17H2,1-4H3. The maximum atomic E-state index is 12.7. The monoisotopic (exact) mass is 395 g/mol. The van der Waals surface area contributed by atoms with Crippen molar-refractivity contribution in [1.29, 1.82) is 0 Å². The van der Waals surface area contributed by atoms with E-state index < -0.39 is 5.60 Å². The molecule has 5 nitrogen and oxygen atoms in total. The van der Waals surface area contributed by atoms with Crippen LogP contribution in [0.15, 0.2) is 0 Å². The number of hydrogen-bond acceptors (Lipinski definition) is 4. The second kappa shape index (κ2) is 11.2. The first kappa shape index (κ1) is 23.2. The third kappa shape index (κ3) is 7.38. The molecular weight excluding hydrogens is 354 g/mol. The summed E-state index contributed by atoms with van der Waals surface area (Å²) >= 11 is 0. The van der Waals surface area contributed by atoms with Crippen molar-refractivity contribution < 1.29 is 19.1 Å². The highest BCUT2D eigenvalue weighted by atomic mass is 16.6. The van der Waals surface area contributed by atoms with Gasteiger partial charge < -0.3 is 9.47 Å². The van der Waals surface area contributed by atoms with Crippen LogP contribution in [0.5, 0.6) is 0 Å². The summed E-state index contributed by atoms with van der Waals surface area (Å²) in [6, 6.07) is -0.0651. The number of carbonyl (C=O) groups excluding carboxylic acids is 2. The number of hydrogen-bond donors (Lipinski definition) is 0. The molecule has 0 N–H and O–H groups in total. The molecule has 2 unspecified atom stereocenters. The molecule has 162 valence electrons. The molecule has 0 radical (unpaired) electrons. The van der Waals surface area contributed by atoms with Crippen molar-refractivity contribution in [3.05, 3.63) is 0 Å². The van der Waals surface area contributed by atoms with E-state index >= 15 is 0 Å². The van der Waals surface area contributed by atoms with Crippen molar-refractivity contribution in [1.82, 2.24) is 4.90 Å². The van der Waals surface area contributed by atoms with Crippen LogP contribution in [0.1, 0.15) is 98.3 Å². The van der Waals surface area contributed by atoms with E-state index in [-0.39, 0.29) is 24.1 Å². The zero-order chi connectivity index (χ0) is 20.6. The molecule has 0 aromatic heterocycles. The Morgan fingerprint density at radius 2 is 1.46 bits per heavy atom. The average molecular weight is 396 g/mol. The quantitative estimate of drug-likeness (QED) is 0.458. The maximum Gasteiger partial charge on any atom is 0.410 e. The molecule has 2 atom stereocenters. The van der Waals surface area contributed by atoms with Crippen LogP contribution in [0.25, 0.3) is 0 Å². The Bertz CT molecular complexity index is 485. The number of unbranched alkanes of at least 4 members (excludes halogenated alkanes) is 7. The molecule has 2 saturated heterocycles. The number of rotatable bonds is 10. The minimum absolute atomic E-state index is 0.0325. The number of fused-ring (bicyclic) bond motifs is 2. The van der Waals surface area contributed by atoms with Crippen LogP contribution in [0.2, 0.25) is 0 Å². The molecule has 0 aromatic carbocycles. The molecule has 2 heterocycles. The van der Waals surface area contributed by atoms with Gasteiger partial charge in [-0.3, -0.25) is 9.69 Å². The number of amides is 1. The van der Waals surface area contributed by atoms with Gasteiger partial charge in [0.2, 0.25) is 0 Å². The van der Waals surface area contributed by atoms with E-state index in [0.29, 0.717) is 38.3 Å². The normalized spacial score (nSPS) is 24.9. The van der Waals surface area contributed by atoms with Crippen molar-refractivity contribution in [2.24, 2.45) is 5.92 Å². The van der Waals surface area contributed by atoms with Crippen molar-refractivity contribution in [3.8, 4) is 0 Å². The summed E-state index contributed by atoms with van der Waals surface area (Å²) in [4.78, 5) is 27.2. The number of nitrogens with zero attached hydrogens (tertiary/aromatic N) is 1. The molecule has 2 rings (SSSR count). The van der Waals surface area contributed by atoms with Gasteiger partial charge in [0.25, 0.3) is 0 Å². The first-order valence-corrected chi connectivity index (χ1v) is 11.4. The van der Waals surface area contributed by atoms with Gasteiger partial charge in [-0.2, -0.15) is 0 Å². The van der Waals surface area contributed by atoms with Crippen LogP contribution >= 0.6 is 0 Å². The number of morpholine rings is 1. The smallest absolute Gasteiger partial charge is 0.410 e. The first-order chi connectivity index (χ1) is 13.3. The molecule has 2 bridgehead atoms. The largest absolute Gasteiger partial charge is 0.444 e. The summed E-state index contributed by atoms with van der Waals surface area (Å²) in [5, 5.41) is 0. The van der Waals surface area contributed by atoms with Crippen LogP contribution < -0.4 is 0 Å². The topological polar surface area (TPSA) is 55.8 Å². The Balaban J connectivity index is 1.73. The van der Waals surface area contributed by atoms with Gasteiger partial charge in [-0.1, -0.05) is 51.9 Å². The highest BCUT2D eigenvalue weighted by molar-refractivity contribution is 5.81. The van der Waals surface area contributed by atoms with E-state index in [1.54, 1.807) is 0 Å². The number of ether oxygens (including phenoxy) is 2. The van der Waals surface area contributed by atoms with Crippen LogP contribution in [0, 0.1) is 5.92 Å². The Morgan fingerprint density at radius 3 is 2.00 bits per heavy atom. The van der Waals surface area contributed by atoms with Crippen LogP contribution in [0.3, 0.4) is 0 Å². The maximum absolute atomic E-state index is 12.7. The molecule has 0 aromatic rings. The van der Waals surface area contributed by atoms with E-state index in [1.807, 2.05) is 25.7 Å². The lowest BCUT2D eigenvalue weighted by molar-refractivity contribution is -0.132. The van der Waals surface area contributed by atoms with Crippen molar-refractivity contribution >= 4 is 11.9 Å². The second-order valence-corrected chi connectivity index (χ2v) is 9.59. The molecule has 2 aliphatic heterocycles. The van der Waals surface area contributed by atoms with Crippen molar-refractivity contribution in [3.63, 3.8) is 0 Å². The van der Waals surface area contributed by atoms with E-state index in [2.05, 4.69) is 6.92 Å². The van der Waals surface area contributed by atoms with E-state index in [1.165, 1.54) is 38.5 Å². The fraction of sp³-hybridized carbons (Fsp3) is 0.913. The Kier molecular flexibility index (Phi) is 9.26. The molecule has 2 aliphatic rings. The van der Waals surface area contributed by atoms with Crippen LogP contribution in [-0.4, -0.2) is 47.7 Å². The third-order valence-electron chi connectivity index (χ3n) is 5.86. The minimum Gasteiger partial charge on any atom is -0.444 e. The lowest BCUT2D eigenvalue weighted by Gasteiger charge is -2.47. The van der Waals surface area contributed by atoms with E-state index in [4.69, 9.17) is 9.47 Å². The zero-order valence-corrected chi connectivity index (χ0v) is 18.5. The van der Waals surface area contributed by atoms with E-state index in [0.717, 1.165) is 12.8 Å². The molecular formula is C23H41NO4. The molecule has 0 aliphatic carbocycles. The third-order valence-corrected chi connectivity index (χ3v) is 5.86. The minimum atomic E-state index is -0.505. The lowest BCUT2D eigenvalue weighted by atomic mass is 9.81. The van der Waals surface area contributed by atoms with Crippen molar-refractivity contribution in [2.45, 2.75) is 116 Å². The summed E-state index contributed by atoms with van der Waals surface area (Å²) < 4.78 is 11.3. The molecule has 5 heteroatoms. The van der Waals surface area contributed by atoms with Gasteiger partial charge in [0.1, 0.15) is 11.4 Å². The highest BCUT2D eigenvalue weighted by Crippen LogP contribution is 2.34. The Hall–Kier alpha value is -1.10. The van der Waals surface area contributed by atoms with Gasteiger partial charge in [0.15, 0.2) is 0 Å². The lowest BCUT2D eigenvalue weighted by Crippen LogP contribution is -2.60. The first-order valence-electron chi connectivity index (χ1n) is 11.4. The van der Waals surface area contributed by atoms with Gasteiger partial charge >= 0.3 is 6.09 Å².